The third-order valence-corrected chi connectivity index (χ3v) is 6.41. The number of pyridine rings is 1. The fourth-order valence-corrected chi connectivity index (χ4v) is 4.71. The van der Waals surface area contributed by atoms with E-state index in [1.165, 1.54) is 22.9 Å². The molecule has 2 aromatic carbocycles. The lowest BCUT2D eigenvalue weighted by atomic mass is 10.0. The van der Waals surface area contributed by atoms with Gasteiger partial charge in [-0.1, -0.05) is 59.8 Å². The normalized spacial score (nSPS) is 15.1. The van der Waals surface area contributed by atoms with Crippen LogP contribution in [0.4, 0.5) is 0 Å². The lowest BCUT2D eigenvalue weighted by Gasteiger charge is -2.32. The van der Waals surface area contributed by atoms with Crippen LogP contribution in [0.3, 0.4) is 0 Å². The van der Waals surface area contributed by atoms with Crippen molar-refractivity contribution in [1.29, 1.82) is 0 Å². The molecule has 1 fully saturated rings. The molecule has 0 saturated carbocycles. The highest BCUT2D eigenvalue weighted by Crippen LogP contribution is 2.28. The minimum absolute atomic E-state index is 0.0290. The van der Waals surface area contributed by atoms with Gasteiger partial charge in [-0.3, -0.25) is 9.69 Å². The Morgan fingerprint density at radius 1 is 1.07 bits per heavy atom. The number of piperidine rings is 1. The fourth-order valence-electron chi connectivity index (χ4n) is 3.81. The van der Waals surface area contributed by atoms with Crippen molar-refractivity contribution in [1.82, 2.24) is 15.2 Å². The van der Waals surface area contributed by atoms with Gasteiger partial charge in [-0.05, 0) is 49.6 Å². The Bertz CT molecular complexity index is 984. The monoisotopic (exact) mass is 417 g/mol. The molecule has 1 aromatic heterocycles. The van der Waals surface area contributed by atoms with Crippen LogP contribution in [0.1, 0.15) is 34.3 Å². The van der Waals surface area contributed by atoms with Crippen LogP contribution in [0.2, 0.25) is 0 Å². The van der Waals surface area contributed by atoms with E-state index in [9.17, 15) is 4.79 Å². The van der Waals surface area contributed by atoms with Crippen LogP contribution in [0.5, 0.6) is 0 Å². The topological polar surface area (TPSA) is 45.2 Å². The summed E-state index contributed by atoms with van der Waals surface area (Å²) in [7, 11) is 0. The molecule has 4 nitrogen and oxygen atoms in total. The molecule has 0 atom stereocenters. The van der Waals surface area contributed by atoms with Crippen molar-refractivity contribution in [3.8, 4) is 0 Å². The number of carbonyl (C=O) groups is 1. The number of likely N-dealkylation sites (tertiary alicyclic amines) is 1. The standard InChI is InChI=1S/C25H27N3OS/c1-19-7-5-8-20(17-19)18-28-15-12-21(13-16-28)27-24(29)23-11-6-14-26-25(23)30-22-9-3-2-4-10-22/h2-11,14,17,21H,12-13,15-16,18H2,1H3,(H,27,29). The van der Waals surface area contributed by atoms with Crippen molar-refractivity contribution in [3.63, 3.8) is 0 Å². The number of nitrogens with one attached hydrogen (secondary N) is 1. The lowest BCUT2D eigenvalue weighted by Crippen LogP contribution is -2.44. The molecular weight excluding hydrogens is 390 g/mol. The van der Waals surface area contributed by atoms with Crippen molar-refractivity contribution in [3.05, 3.63) is 89.6 Å². The minimum atomic E-state index is -0.0290. The zero-order valence-electron chi connectivity index (χ0n) is 17.3. The Kier molecular flexibility index (Phi) is 6.82. The zero-order valence-corrected chi connectivity index (χ0v) is 18.1. The molecule has 0 unspecified atom stereocenters. The zero-order chi connectivity index (χ0) is 20.8. The SMILES string of the molecule is Cc1cccc(CN2CCC(NC(=O)c3cccnc3Sc3ccccc3)CC2)c1. The molecule has 5 heteroatoms. The summed E-state index contributed by atoms with van der Waals surface area (Å²) < 4.78 is 0. The number of carbonyl (C=O) groups excluding carboxylic acids is 1. The molecule has 154 valence electrons. The van der Waals surface area contributed by atoms with Crippen LogP contribution >= 0.6 is 11.8 Å². The number of aryl methyl sites for hydroxylation is 1. The van der Waals surface area contributed by atoms with Gasteiger partial charge in [0.05, 0.1) is 5.56 Å². The highest BCUT2D eigenvalue weighted by molar-refractivity contribution is 7.99. The fraction of sp³-hybridized carbons (Fsp3) is 0.280. The van der Waals surface area contributed by atoms with E-state index in [2.05, 4.69) is 46.4 Å². The number of amides is 1. The summed E-state index contributed by atoms with van der Waals surface area (Å²) in [6.07, 6.45) is 3.68. The number of aromatic nitrogens is 1. The average Bonchev–Trinajstić information content (AvgIpc) is 2.76. The predicted octanol–water partition coefficient (Wildman–Crippen LogP) is 4.94. The van der Waals surface area contributed by atoms with E-state index >= 15 is 0 Å². The molecule has 0 spiro atoms. The largest absolute Gasteiger partial charge is 0.349 e. The van der Waals surface area contributed by atoms with E-state index in [0.29, 0.717) is 5.56 Å². The molecule has 1 amide bonds. The van der Waals surface area contributed by atoms with E-state index in [4.69, 9.17) is 0 Å². The van der Waals surface area contributed by atoms with Crippen molar-refractivity contribution in [2.24, 2.45) is 0 Å². The molecular formula is C25H27N3OS. The second-order valence-corrected chi connectivity index (χ2v) is 8.85. The van der Waals surface area contributed by atoms with Gasteiger partial charge in [0.2, 0.25) is 0 Å². The van der Waals surface area contributed by atoms with Crippen molar-refractivity contribution >= 4 is 17.7 Å². The first-order valence-corrected chi connectivity index (χ1v) is 11.3. The van der Waals surface area contributed by atoms with E-state index in [-0.39, 0.29) is 11.9 Å². The second-order valence-electron chi connectivity index (χ2n) is 7.78. The Balaban J connectivity index is 1.33. The van der Waals surface area contributed by atoms with Crippen LogP contribution in [-0.4, -0.2) is 34.9 Å². The summed E-state index contributed by atoms with van der Waals surface area (Å²) in [5, 5.41) is 3.98. The van der Waals surface area contributed by atoms with E-state index < -0.39 is 0 Å². The Morgan fingerprint density at radius 2 is 1.87 bits per heavy atom. The summed E-state index contributed by atoms with van der Waals surface area (Å²) in [6, 6.07) is 22.6. The summed E-state index contributed by atoms with van der Waals surface area (Å²) in [4.78, 5) is 21.0. The molecule has 1 N–H and O–H groups in total. The first-order valence-electron chi connectivity index (χ1n) is 10.4. The number of nitrogens with zero attached hydrogens (tertiary/aromatic N) is 2. The van der Waals surface area contributed by atoms with Gasteiger partial charge in [0.25, 0.3) is 5.91 Å². The Hall–Kier alpha value is -2.63. The molecule has 0 radical (unpaired) electrons. The van der Waals surface area contributed by atoms with Gasteiger partial charge in [-0.2, -0.15) is 0 Å². The Morgan fingerprint density at radius 3 is 2.63 bits per heavy atom. The number of hydrogen-bond donors (Lipinski definition) is 1. The van der Waals surface area contributed by atoms with Gasteiger partial charge in [0.1, 0.15) is 5.03 Å². The highest BCUT2D eigenvalue weighted by Gasteiger charge is 2.22. The summed E-state index contributed by atoms with van der Waals surface area (Å²) in [5.74, 6) is -0.0290. The molecule has 30 heavy (non-hydrogen) atoms. The molecule has 0 bridgehead atoms. The second kappa shape index (κ2) is 9.92. The first kappa shape index (κ1) is 20.6. The third kappa shape index (κ3) is 5.49. The minimum Gasteiger partial charge on any atom is -0.349 e. The van der Waals surface area contributed by atoms with Gasteiger partial charge < -0.3 is 5.32 Å². The van der Waals surface area contributed by atoms with E-state index in [0.717, 1.165) is 42.4 Å². The van der Waals surface area contributed by atoms with Crippen molar-refractivity contribution in [2.45, 2.75) is 42.3 Å². The summed E-state index contributed by atoms with van der Waals surface area (Å²) in [6.45, 7) is 5.10. The molecule has 1 aliphatic rings. The maximum Gasteiger partial charge on any atom is 0.254 e. The van der Waals surface area contributed by atoms with Crippen LogP contribution in [0.25, 0.3) is 0 Å². The van der Waals surface area contributed by atoms with Crippen molar-refractivity contribution in [2.75, 3.05) is 13.1 Å². The first-order chi connectivity index (χ1) is 14.7. The number of rotatable bonds is 6. The van der Waals surface area contributed by atoms with Gasteiger partial charge in [0, 0.05) is 36.8 Å². The summed E-state index contributed by atoms with van der Waals surface area (Å²) in [5.41, 5.74) is 3.30. The lowest BCUT2D eigenvalue weighted by molar-refractivity contribution is 0.0905. The summed E-state index contributed by atoms with van der Waals surface area (Å²) >= 11 is 1.53. The predicted molar refractivity (Wildman–Crippen MR) is 122 cm³/mol. The Labute approximate surface area is 182 Å². The molecule has 2 heterocycles. The maximum atomic E-state index is 13.0. The molecule has 3 aromatic rings. The maximum absolute atomic E-state index is 13.0. The molecule has 4 rings (SSSR count). The number of benzene rings is 2. The third-order valence-electron chi connectivity index (χ3n) is 5.38. The highest BCUT2D eigenvalue weighted by atomic mass is 32.2. The van der Waals surface area contributed by atoms with Crippen LogP contribution in [-0.2, 0) is 6.54 Å². The van der Waals surface area contributed by atoms with Crippen LogP contribution in [0, 0.1) is 6.92 Å². The molecule has 1 aliphatic heterocycles. The van der Waals surface area contributed by atoms with Gasteiger partial charge in [-0.15, -0.1) is 0 Å². The number of hydrogen-bond acceptors (Lipinski definition) is 4. The quantitative estimate of drug-likeness (QED) is 0.617. The van der Waals surface area contributed by atoms with E-state index in [1.807, 2.05) is 42.5 Å². The van der Waals surface area contributed by atoms with Gasteiger partial charge in [0.15, 0.2) is 0 Å². The van der Waals surface area contributed by atoms with Gasteiger partial charge >= 0.3 is 0 Å². The van der Waals surface area contributed by atoms with Crippen LogP contribution in [0.15, 0.2) is 82.8 Å². The van der Waals surface area contributed by atoms with Gasteiger partial charge in [-0.25, -0.2) is 4.98 Å². The smallest absolute Gasteiger partial charge is 0.254 e. The molecule has 0 aliphatic carbocycles. The van der Waals surface area contributed by atoms with Crippen LogP contribution < -0.4 is 5.32 Å². The van der Waals surface area contributed by atoms with Crippen molar-refractivity contribution < 1.29 is 4.79 Å². The average molecular weight is 418 g/mol. The molecule has 1 saturated heterocycles. The van der Waals surface area contributed by atoms with E-state index in [1.54, 1.807) is 6.20 Å².